The monoisotopic (exact) mass is 416 g/mol. The minimum absolute atomic E-state index is 0.0133. The fourth-order valence-corrected chi connectivity index (χ4v) is 5.10. The molecule has 0 aromatic heterocycles. The molecule has 1 nitrogen and oxygen atoms in total. The Morgan fingerprint density at radius 1 is 0.774 bits per heavy atom. The molecule has 0 heterocycles. The van der Waals surface area contributed by atoms with Gasteiger partial charge in [0.1, 0.15) is 5.75 Å². The molecule has 0 radical (unpaired) electrons. The number of benzene rings is 3. The van der Waals surface area contributed by atoms with Crippen molar-refractivity contribution in [2.75, 3.05) is 0 Å². The molecule has 3 rings (SSSR count). The summed E-state index contributed by atoms with van der Waals surface area (Å²) in [5.74, 6) is 1.01. The van der Waals surface area contributed by atoms with Crippen molar-refractivity contribution in [3.63, 3.8) is 0 Å². The highest BCUT2D eigenvalue weighted by molar-refractivity contribution is 5.84. The van der Waals surface area contributed by atoms with Crippen molar-refractivity contribution in [1.29, 1.82) is 0 Å². The van der Waals surface area contributed by atoms with Gasteiger partial charge in [-0.25, -0.2) is 0 Å². The normalized spacial score (nSPS) is 13.4. The van der Waals surface area contributed by atoms with E-state index in [0.29, 0.717) is 0 Å². The molecular weight excluding hydrogens is 376 g/mol. The number of aryl methyl sites for hydroxylation is 2. The standard InChI is InChI=1S/C30H40O/c1-9-30(10-2,27-14-13-24-17-21(3)11-12-25(24)19-27)26-15-16-28(22(4)18-26)31-23(5)20-29(6,7)8/h11-19,23H,9-10,20H2,1-8H3. The first kappa shape index (κ1) is 23.4. The Morgan fingerprint density at radius 3 is 1.97 bits per heavy atom. The summed E-state index contributed by atoms with van der Waals surface area (Å²) in [4.78, 5) is 0. The third-order valence-corrected chi connectivity index (χ3v) is 6.71. The summed E-state index contributed by atoms with van der Waals surface area (Å²) in [6.07, 6.45) is 3.39. The number of ether oxygens (including phenoxy) is 1. The maximum atomic E-state index is 6.33. The highest BCUT2D eigenvalue weighted by atomic mass is 16.5. The van der Waals surface area contributed by atoms with Crippen LogP contribution in [0.2, 0.25) is 0 Å². The Labute approximate surface area is 189 Å². The van der Waals surface area contributed by atoms with Crippen molar-refractivity contribution in [2.45, 2.75) is 86.2 Å². The highest BCUT2D eigenvalue weighted by Gasteiger charge is 2.31. The van der Waals surface area contributed by atoms with Crippen molar-refractivity contribution in [1.82, 2.24) is 0 Å². The van der Waals surface area contributed by atoms with Gasteiger partial charge in [-0.2, -0.15) is 0 Å². The van der Waals surface area contributed by atoms with Gasteiger partial charge in [-0.15, -0.1) is 0 Å². The minimum atomic E-state index is 0.0133. The van der Waals surface area contributed by atoms with E-state index in [1.165, 1.54) is 33.0 Å². The molecular formula is C30H40O. The molecule has 0 N–H and O–H groups in total. The van der Waals surface area contributed by atoms with Crippen molar-refractivity contribution in [3.05, 3.63) is 76.9 Å². The van der Waals surface area contributed by atoms with Gasteiger partial charge in [0.05, 0.1) is 6.10 Å². The summed E-state index contributed by atoms with van der Waals surface area (Å²) >= 11 is 0. The second-order valence-electron chi connectivity index (χ2n) is 10.5. The van der Waals surface area contributed by atoms with Gasteiger partial charge in [0, 0.05) is 5.41 Å². The summed E-state index contributed by atoms with van der Waals surface area (Å²) < 4.78 is 6.33. The molecule has 166 valence electrons. The second-order valence-corrected chi connectivity index (χ2v) is 10.5. The summed E-state index contributed by atoms with van der Waals surface area (Å²) in [7, 11) is 0. The van der Waals surface area contributed by atoms with Crippen molar-refractivity contribution in [2.24, 2.45) is 5.41 Å². The Hall–Kier alpha value is -2.28. The van der Waals surface area contributed by atoms with E-state index in [1.54, 1.807) is 0 Å². The van der Waals surface area contributed by atoms with Crippen LogP contribution in [-0.4, -0.2) is 6.10 Å². The van der Waals surface area contributed by atoms with E-state index < -0.39 is 0 Å². The molecule has 31 heavy (non-hydrogen) atoms. The maximum absolute atomic E-state index is 6.33. The lowest BCUT2D eigenvalue weighted by Crippen LogP contribution is -2.26. The predicted octanol–water partition coefficient (Wildman–Crippen LogP) is 8.77. The molecule has 0 saturated heterocycles. The third kappa shape index (κ3) is 5.14. The molecule has 0 aliphatic carbocycles. The van der Waals surface area contributed by atoms with E-state index in [-0.39, 0.29) is 16.9 Å². The number of hydrogen-bond acceptors (Lipinski definition) is 1. The lowest BCUT2D eigenvalue weighted by atomic mass is 9.70. The van der Waals surface area contributed by atoms with E-state index in [0.717, 1.165) is 25.0 Å². The summed E-state index contributed by atoms with van der Waals surface area (Å²) in [5, 5.41) is 2.64. The van der Waals surface area contributed by atoms with Crippen LogP contribution in [0.3, 0.4) is 0 Å². The summed E-state index contributed by atoms with van der Waals surface area (Å²) in [6, 6.07) is 20.6. The number of fused-ring (bicyclic) bond motifs is 1. The molecule has 0 aliphatic heterocycles. The van der Waals surface area contributed by atoms with E-state index in [9.17, 15) is 0 Å². The average Bonchev–Trinajstić information content (AvgIpc) is 2.70. The summed E-state index contributed by atoms with van der Waals surface area (Å²) in [5.41, 5.74) is 5.60. The average molecular weight is 417 g/mol. The van der Waals surface area contributed by atoms with Crippen LogP contribution < -0.4 is 4.74 Å². The first-order valence-corrected chi connectivity index (χ1v) is 11.9. The molecule has 0 bridgehead atoms. The minimum Gasteiger partial charge on any atom is -0.490 e. The van der Waals surface area contributed by atoms with Gasteiger partial charge in [0.2, 0.25) is 0 Å². The van der Waals surface area contributed by atoms with Crippen LogP contribution in [0, 0.1) is 19.3 Å². The number of hydrogen-bond donors (Lipinski definition) is 0. The fourth-order valence-electron chi connectivity index (χ4n) is 5.10. The Morgan fingerprint density at radius 2 is 1.35 bits per heavy atom. The van der Waals surface area contributed by atoms with Gasteiger partial charge in [-0.1, -0.05) is 88.7 Å². The van der Waals surface area contributed by atoms with Gasteiger partial charge in [0.25, 0.3) is 0 Å². The Balaban J connectivity index is 1.97. The van der Waals surface area contributed by atoms with Crippen LogP contribution in [0.25, 0.3) is 10.8 Å². The number of rotatable bonds is 7. The molecule has 1 atom stereocenters. The quantitative estimate of drug-likeness (QED) is 0.374. The highest BCUT2D eigenvalue weighted by Crippen LogP contribution is 2.41. The maximum Gasteiger partial charge on any atom is 0.122 e. The fraction of sp³-hybridized carbons (Fsp3) is 0.467. The van der Waals surface area contributed by atoms with Gasteiger partial charge >= 0.3 is 0 Å². The second kappa shape index (κ2) is 9.07. The van der Waals surface area contributed by atoms with Crippen molar-refractivity contribution < 1.29 is 4.74 Å². The smallest absolute Gasteiger partial charge is 0.122 e. The molecule has 0 aliphatic rings. The SMILES string of the molecule is CCC(CC)(c1ccc(OC(C)CC(C)(C)C)c(C)c1)c1ccc2cc(C)ccc2c1. The molecule has 0 amide bonds. The van der Waals surface area contributed by atoms with Gasteiger partial charge in [-0.05, 0) is 79.0 Å². The van der Waals surface area contributed by atoms with Crippen molar-refractivity contribution in [3.8, 4) is 5.75 Å². The van der Waals surface area contributed by atoms with E-state index >= 15 is 0 Å². The van der Waals surface area contributed by atoms with Crippen LogP contribution in [0.1, 0.15) is 83.1 Å². The zero-order chi connectivity index (χ0) is 22.8. The van der Waals surface area contributed by atoms with Crippen LogP contribution in [0.15, 0.2) is 54.6 Å². The Bertz CT molecular complexity index is 1030. The molecule has 0 spiro atoms. The molecule has 0 saturated carbocycles. The van der Waals surface area contributed by atoms with E-state index in [1.807, 2.05) is 0 Å². The van der Waals surface area contributed by atoms with Crippen LogP contribution in [-0.2, 0) is 5.41 Å². The predicted molar refractivity (Wildman–Crippen MR) is 135 cm³/mol. The first-order valence-electron chi connectivity index (χ1n) is 11.9. The summed E-state index contributed by atoms with van der Waals surface area (Å²) in [6.45, 7) is 18.0. The van der Waals surface area contributed by atoms with Gasteiger partial charge in [0.15, 0.2) is 0 Å². The largest absolute Gasteiger partial charge is 0.490 e. The zero-order valence-corrected chi connectivity index (χ0v) is 20.8. The van der Waals surface area contributed by atoms with Crippen molar-refractivity contribution >= 4 is 10.8 Å². The van der Waals surface area contributed by atoms with Gasteiger partial charge in [-0.3, -0.25) is 0 Å². The molecule has 1 heteroatoms. The van der Waals surface area contributed by atoms with E-state index in [2.05, 4.69) is 110 Å². The lowest BCUT2D eigenvalue weighted by Gasteiger charge is -2.34. The van der Waals surface area contributed by atoms with E-state index in [4.69, 9.17) is 4.74 Å². The molecule has 0 fully saturated rings. The topological polar surface area (TPSA) is 9.23 Å². The van der Waals surface area contributed by atoms with Crippen LogP contribution >= 0.6 is 0 Å². The van der Waals surface area contributed by atoms with Gasteiger partial charge < -0.3 is 4.74 Å². The Kier molecular flexibility index (Phi) is 6.84. The molecule has 1 unspecified atom stereocenters. The first-order chi connectivity index (χ1) is 14.6. The molecule has 3 aromatic carbocycles. The lowest BCUT2D eigenvalue weighted by molar-refractivity contribution is 0.159. The zero-order valence-electron chi connectivity index (χ0n) is 20.8. The molecule has 3 aromatic rings. The van der Waals surface area contributed by atoms with Crippen LogP contribution in [0.4, 0.5) is 0 Å². The third-order valence-electron chi connectivity index (χ3n) is 6.71. The van der Waals surface area contributed by atoms with Crippen LogP contribution in [0.5, 0.6) is 5.75 Å².